The van der Waals surface area contributed by atoms with E-state index in [1.165, 1.54) is 16.4 Å². The minimum absolute atomic E-state index is 0.163. The van der Waals surface area contributed by atoms with E-state index in [-0.39, 0.29) is 18.2 Å². The van der Waals surface area contributed by atoms with Crippen LogP contribution >= 0.6 is 11.5 Å². The Morgan fingerprint density at radius 2 is 2.00 bits per heavy atom. The van der Waals surface area contributed by atoms with Crippen LogP contribution in [0.25, 0.3) is 0 Å². The number of aromatic nitrogens is 2. The van der Waals surface area contributed by atoms with E-state index in [0.29, 0.717) is 24.4 Å². The third-order valence-corrected chi connectivity index (χ3v) is 7.50. The standard InChI is InChI=1S/C24H25N5O3S/c1-15-21(33-27-26-15)14-28-11-9-16(10-12-28)5-6-17-3-2-4-18-19(17)13-29(24(18)32)20-7-8-22(30)25-23(20)31/h2-4,16,20H,7-14H2,1H3,(H,25,30,31). The highest BCUT2D eigenvalue weighted by Gasteiger charge is 2.39. The number of carbonyl (C=O) groups is 3. The topological polar surface area (TPSA) is 95.5 Å². The smallest absolute Gasteiger partial charge is 0.255 e. The van der Waals surface area contributed by atoms with Gasteiger partial charge in [-0.3, -0.25) is 24.6 Å². The van der Waals surface area contributed by atoms with Crippen molar-refractivity contribution < 1.29 is 14.4 Å². The number of aryl methyl sites for hydroxylation is 1. The van der Waals surface area contributed by atoms with Gasteiger partial charge in [-0.05, 0) is 68.5 Å². The predicted molar refractivity (Wildman–Crippen MR) is 122 cm³/mol. The summed E-state index contributed by atoms with van der Waals surface area (Å²) >= 11 is 1.47. The number of piperidine rings is 2. The number of imide groups is 1. The Bertz CT molecular complexity index is 1170. The Balaban J connectivity index is 1.25. The molecule has 2 saturated heterocycles. The molecule has 3 aliphatic heterocycles. The molecular weight excluding hydrogens is 438 g/mol. The van der Waals surface area contributed by atoms with E-state index in [0.717, 1.165) is 49.3 Å². The number of likely N-dealkylation sites (tertiary alicyclic amines) is 1. The van der Waals surface area contributed by atoms with E-state index in [2.05, 4.69) is 31.6 Å². The van der Waals surface area contributed by atoms with Crippen LogP contribution in [0.4, 0.5) is 0 Å². The fraction of sp³-hybridized carbons (Fsp3) is 0.458. The van der Waals surface area contributed by atoms with Crippen LogP contribution in [0.3, 0.4) is 0 Å². The maximum absolute atomic E-state index is 13.0. The molecule has 170 valence electrons. The molecule has 3 amide bonds. The molecule has 9 heteroatoms. The first kappa shape index (κ1) is 21.7. The normalized spacial score (nSPS) is 21.5. The van der Waals surface area contributed by atoms with Crippen molar-refractivity contribution in [1.82, 2.24) is 24.7 Å². The molecule has 0 spiro atoms. The van der Waals surface area contributed by atoms with Gasteiger partial charge in [0.1, 0.15) is 6.04 Å². The molecule has 1 aromatic carbocycles. The lowest BCUT2D eigenvalue weighted by Crippen LogP contribution is -2.52. The van der Waals surface area contributed by atoms with E-state index >= 15 is 0 Å². The van der Waals surface area contributed by atoms with Crippen molar-refractivity contribution >= 4 is 29.3 Å². The van der Waals surface area contributed by atoms with Crippen LogP contribution in [0.15, 0.2) is 18.2 Å². The molecule has 33 heavy (non-hydrogen) atoms. The predicted octanol–water partition coefficient (Wildman–Crippen LogP) is 1.87. The molecule has 5 rings (SSSR count). The molecule has 8 nitrogen and oxygen atoms in total. The van der Waals surface area contributed by atoms with Crippen LogP contribution in [-0.2, 0) is 22.7 Å². The summed E-state index contributed by atoms with van der Waals surface area (Å²) in [4.78, 5) is 42.0. The second kappa shape index (κ2) is 9.04. The van der Waals surface area contributed by atoms with Gasteiger partial charge < -0.3 is 4.90 Å². The zero-order chi connectivity index (χ0) is 22.9. The number of fused-ring (bicyclic) bond motifs is 1. The van der Waals surface area contributed by atoms with Crippen LogP contribution < -0.4 is 5.32 Å². The molecule has 1 unspecified atom stereocenters. The van der Waals surface area contributed by atoms with Gasteiger partial charge in [-0.1, -0.05) is 22.4 Å². The zero-order valence-corrected chi connectivity index (χ0v) is 19.3. The summed E-state index contributed by atoms with van der Waals surface area (Å²) in [7, 11) is 0. The summed E-state index contributed by atoms with van der Waals surface area (Å²) in [6.45, 7) is 5.23. The minimum atomic E-state index is -0.606. The molecule has 1 atom stereocenters. The van der Waals surface area contributed by atoms with E-state index < -0.39 is 11.9 Å². The van der Waals surface area contributed by atoms with Crippen molar-refractivity contribution in [2.45, 2.75) is 51.7 Å². The Hall–Kier alpha value is -3.09. The molecule has 1 N–H and O–H groups in total. The quantitative estimate of drug-likeness (QED) is 0.552. The Kier molecular flexibility index (Phi) is 5.96. The third-order valence-electron chi connectivity index (χ3n) is 6.69. The molecule has 3 aliphatic rings. The van der Waals surface area contributed by atoms with Gasteiger partial charge in [0.2, 0.25) is 11.8 Å². The highest BCUT2D eigenvalue weighted by Crippen LogP contribution is 2.30. The van der Waals surface area contributed by atoms with Crippen LogP contribution in [0, 0.1) is 24.7 Å². The fourth-order valence-electron chi connectivity index (χ4n) is 4.72. The van der Waals surface area contributed by atoms with Crippen LogP contribution in [0.2, 0.25) is 0 Å². The average molecular weight is 464 g/mol. The lowest BCUT2D eigenvalue weighted by molar-refractivity contribution is -0.136. The molecule has 0 aliphatic carbocycles. The molecule has 2 aromatic rings. The first-order valence-corrected chi connectivity index (χ1v) is 12.0. The van der Waals surface area contributed by atoms with Gasteiger partial charge >= 0.3 is 0 Å². The Labute approximate surface area is 196 Å². The van der Waals surface area contributed by atoms with E-state index in [9.17, 15) is 14.4 Å². The number of hydrogen-bond donors (Lipinski definition) is 1. The molecule has 0 bridgehead atoms. The van der Waals surface area contributed by atoms with Crippen molar-refractivity contribution in [2.75, 3.05) is 13.1 Å². The summed E-state index contributed by atoms with van der Waals surface area (Å²) in [5.41, 5.74) is 3.35. The van der Waals surface area contributed by atoms with Crippen molar-refractivity contribution in [2.24, 2.45) is 5.92 Å². The second-order valence-corrected chi connectivity index (χ2v) is 9.67. The van der Waals surface area contributed by atoms with E-state index in [4.69, 9.17) is 0 Å². The number of benzene rings is 1. The van der Waals surface area contributed by atoms with Gasteiger partial charge in [0.25, 0.3) is 5.91 Å². The number of carbonyl (C=O) groups excluding carboxylic acids is 3. The largest absolute Gasteiger partial charge is 0.322 e. The average Bonchev–Trinajstić information content (AvgIpc) is 3.36. The number of nitrogens with zero attached hydrogens (tertiary/aromatic N) is 4. The Morgan fingerprint density at radius 1 is 1.18 bits per heavy atom. The highest BCUT2D eigenvalue weighted by molar-refractivity contribution is 7.05. The van der Waals surface area contributed by atoms with Gasteiger partial charge in [0, 0.05) is 36.6 Å². The monoisotopic (exact) mass is 463 g/mol. The second-order valence-electron chi connectivity index (χ2n) is 8.83. The van der Waals surface area contributed by atoms with E-state index in [1.54, 1.807) is 11.0 Å². The fourth-order valence-corrected chi connectivity index (χ4v) is 5.39. The maximum Gasteiger partial charge on any atom is 0.255 e. The van der Waals surface area contributed by atoms with Gasteiger partial charge in [0.05, 0.1) is 10.6 Å². The van der Waals surface area contributed by atoms with Crippen molar-refractivity contribution in [3.63, 3.8) is 0 Å². The number of amides is 3. The zero-order valence-electron chi connectivity index (χ0n) is 18.5. The first-order chi connectivity index (χ1) is 16.0. The molecule has 0 saturated carbocycles. The molecule has 1 aromatic heterocycles. The van der Waals surface area contributed by atoms with Crippen molar-refractivity contribution in [1.29, 1.82) is 0 Å². The molecule has 4 heterocycles. The summed E-state index contributed by atoms with van der Waals surface area (Å²) in [5, 5.41) is 6.44. The molecule has 0 radical (unpaired) electrons. The number of nitrogens with one attached hydrogen (secondary N) is 1. The van der Waals surface area contributed by atoms with Gasteiger partial charge in [-0.2, -0.15) is 0 Å². The van der Waals surface area contributed by atoms with Gasteiger partial charge in [-0.15, -0.1) is 5.10 Å². The minimum Gasteiger partial charge on any atom is -0.322 e. The maximum atomic E-state index is 13.0. The van der Waals surface area contributed by atoms with Gasteiger partial charge in [-0.25, -0.2) is 0 Å². The van der Waals surface area contributed by atoms with Crippen molar-refractivity contribution in [3.05, 3.63) is 45.5 Å². The number of rotatable bonds is 3. The molecule has 2 fully saturated rings. The SMILES string of the molecule is Cc1nnsc1CN1CCC(C#Cc2cccc3c2CN(C2CCC(=O)NC2=O)C3=O)CC1. The first-order valence-electron chi connectivity index (χ1n) is 11.3. The lowest BCUT2D eigenvalue weighted by atomic mass is 9.96. The van der Waals surface area contributed by atoms with Crippen molar-refractivity contribution in [3.8, 4) is 11.8 Å². The van der Waals surface area contributed by atoms with E-state index in [1.807, 2.05) is 19.1 Å². The van der Waals surface area contributed by atoms with Crippen LogP contribution in [0.5, 0.6) is 0 Å². The number of hydrogen-bond acceptors (Lipinski definition) is 7. The Morgan fingerprint density at radius 3 is 2.73 bits per heavy atom. The lowest BCUT2D eigenvalue weighted by Gasteiger charge is -2.29. The van der Waals surface area contributed by atoms with Gasteiger partial charge in [0.15, 0.2) is 0 Å². The molecular formula is C24H25N5O3S. The summed E-state index contributed by atoms with van der Waals surface area (Å²) in [6.07, 6.45) is 2.63. The van der Waals surface area contributed by atoms with Crippen LogP contribution in [-0.4, -0.2) is 56.2 Å². The third kappa shape index (κ3) is 4.41. The summed E-state index contributed by atoms with van der Waals surface area (Å²) < 4.78 is 4.02. The van der Waals surface area contributed by atoms with Crippen LogP contribution in [0.1, 0.15) is 57.7 Å². The summed E-state index contributed by atoms with van der Waals surface area (Å²) in [6, 6.07) is 4.98. The highest BCUT2D eigenvalue weighted by atomic mass is 32.1. The summed E-state index contributed by atoms with van der Waals surface area (Å²) in [5.74, 6) is 6.24.